The van der Waals surface area contributed by atoms with Gasteiger partial charge in [0.1, 0.15) is 41.3 Å². The average Bonchev–Trinajstić information content (AvgIpc) is 2.83. The number of hydrogen-bond donors (Lipinski definition) is 7. The van der Waals surface area contributed by atoms with Gasteiger partial charge in [0.25, 0.3) is 0 Å². The van der Waals surface area contributed by atoms with Gasteiger partial charge in [0.15, 0.2) is 11.5 Å². The molecule has 1 aliphatic rings. The Morgan fingerprint density at radius 3 is 2.26 bits per heavy atom. The molecule has 1 fully saturated rings. The Balaban J connectivity index is 1.88. The number of benzene rings is 2. The van der Waals surface area contributed by atoms with Crippen molar-refractivity contribution in [3.63, 3.8) is 0 Å². The lowest BCUT2D eigenvalue weighted by Gasteiger charge is -2.39. The number of rotatable bonds is 6. The summed E-state index contributed by atoms with van der Waals surface area (Å²) in [6.07, 6.45) is -7.80. The Bertz CT molecular complexity index is 1230. The maximum atomic E-state index is 10.4. The first-order valence-corrected chi connectivity index (χ1v) is 10.4. The maximum Gasteiger partial charge on any atom is 0.402 e. The minimum Gasteiger partial charge on any atom is -0.507 e. The van der Waals surface area contributed by atoms with E-state index in [-0.39, 0.29) is 56.8 Å². The summed E-state index contributed by atoms with van der Waals surface area (Å²) in [5, 5.41) is 70.8. The zero-order valence-electron chi connectivity index (χ0n) is 18.7. The summed E-state index contributed by atoms with van der Waals surface area (Å²) in [4.78, 5) is 0. The van der Waals surface area contributed by atoms with Gasteiger partial charge in [-0.1, -0.05) is 0 Å². The third-order valence-corrected chi connectivity index (χ3v) is 5.63. The van der Waals surface area contributed by atoms with Crippen LogP contribution in [0.25, 0.3) is 22.3 Å². The first-order chi connectivity index (χ1) is 16.7. The van der Waals surface area contributed by atoms with Crippen molar-refractivity contribution in [1.82, 2.24) is 0 Å². The molecule has 1 aliphatic heterocycles. The second kappa shape index (κ2) is 9.60. The van der Waals surface area contributed by atoms with Crippen LogP contribution in [0.3, 0.4) is 0 Å². The van der Waals surface area contributed by atoms with E-state index in [0.29, 0.717) is 0 Å². The SMILES string of the molecule is COc1cc(-c2[o+]c3cc(O)cc(O)c3cc2O[C@@H]2O[C@H](CO)[C@@H](O)[C@H](O)[C@H]2O)cc(O)c1OC. The second-order valence-electron chi connectivity index (χ2n) is 7.86. The van der Waals surface area contributed by atoms with Crippen LogP contribution in [0.2, 0.25) is 0 Å². The lowest BCUT2D eigenvalue weighted by Crippen LogP contribution is -2.60. The largest absolute Gasteiger partial charge is 0.507 e. The molecule has 0 bridgehead atoms. The van der Waals surface area contributed by atoms with E-state index in [1.165, 1.54) is 38.5 Å². The zero-order valence-corrected chi connectivity index (χ0v) is 18.7. The van der Waals surface area contributed by atoms with Gasteiger partial charge in [-0.15, -0.1) is 0 Å². The molecule has 12 heteroatoms. The van der Waals surface area contributed by atoms with Gasteiger partial charge in [-0.05, 0) is 0 Å². The molecule has 35 heavy (non-hydrogen) atoms. The van der Waals surface area contributed by atoms with Crippen molar-refractivity contribution < 1.29 is 59.1 Å². The molecule has 0 unspecified atom stereocenters. The van der Waals surface area contributed by atoms with Crippen molar-refractivity contribution in [3.8, 4) is 45.8 Å². The molecule has 188 valence electrons. The van der Waals surface area contributed by atoms with E-state index in [9.17, 15) is 35.7 Å². The van der Waals surface area contributed by atoms with Gasteiger partial charge >= 0.3 is 11.3 Å². The number of phenolic OH excluding ortho intramolecular Hbond substituents is 3. The number of aromatic hydroxyl groups is 3. The second-order valence-corrected chi connectivity index (χ2v) is 7.86. The quantitative estimate of drug-likeness (QED) is 0.238. The Hall–Kier alpha value is -3.55. The predicted molar refractivity (Wildman–Crippen MR) is 119 cm³/mol. The molecule has 0 radical (unpaired) electrons. The fourth-order valence-electron chi connectivity index (χ4n) is 3.84. The summed E-state index contributed by atoms with van der Waals surface area (Å²) in [5.74, 6) is -0.870. The van der Waals surface area contributed by atoms with Crippen molar-refractivity contribution in [2.75, 3.05) is 20.8 Å². The number of methoxy groups -OCH3 is 2. The molecule has 4 rings (SSSR count). The predicted octanol–water partition coefficient (Wildman–Crippen LogP) is 0.694. The highest BCUT2D eigenvalue weighted by Gasteiger charge is 2.45. The fraction of sp³-hybridized carbons (Fsp3) is 0.348. The normalized spacial score (nSPS) is 24.3. The van der Waals surface area contributed by atoms with E-state index >= 15 is 0 Å². The lowest BCUT2D eigenvalue weighted by atomic mass is 9.99. The molecule has 12 nitrogen and oxygen atoms in total. The highest BCUT2D eigenvalue weighted by atomic mass is 16.7. The molecule has 1 saturated heterocycles. The van der Waals surface area contributed by atoms with Crippen molar-refractivity contribution >= 4 is 11.0 Å². The Kier molecular flexibility index (Phi) is 6.74. The Morgan fingerprint density at radius 2 is 1.60 bits per heavy atom. The summed E-state index contributed by atoms with van der Waals surface area (Å²) in [6.45, 7) is -0.663. The molecule has 0 spiro atoms. The van der Waals surface area contributed by atoms with Gasteiger partial charge in [-0.25, -0.2) is 4.42 Å². The first kappa shape index (κ1) is 24.6. The third kappa shape index (κ3) is 4.45. The van der Waals surface area contributed by atoms with Crippen LogP contribution in [0.1, 0.15) is 0 Å². The molecule has 2 aromatic carbocycles. The summed E-state index contributed by atoms with van der Waals surface area (Å²) in [5.41, 5.74) is 0.261. The zero-order chi connectivity index (χ0) is 25.4. The van der Waals surface area contributed by atoms with Crippen molar-refractivity contribution in [3.05, 3.63) is 30.3 Å². The summed E-state index contributed by atoms with van der Waals surface area (Å²) in [6, 6.07) is 6.41. The molecule has 0 saturated carbocycles. The summed E-state index contributed by atoms with van der Waals surface area (Å²) in [7, 11) is 2.71. The van der Waals surface area contributed by atoms with E-state index in [2.05, 4.69) is 0 Å². The van der Waals surface area contributed by atoms with Crippen LogP contribution < -0.4 is 14.2 Å². The minimum atomic E-state index is -1.72. The number of phenols is 3. The van der Waals surface area contributed by atoms with Crippen LogP contribution in [0.4, 0.5) is 0 Å². The highest BCUT2D eigenvalue weighted by molar-refractivity contribution is 5.88. The molecular formula is C23H25O12+. The topological polar surface area (TPSA) is 190 Å². The smallest absolute Gasteiger partial charge is 0.402 e. The van der Waals surface area contributed by atoms with Crippen molar-refractivity contribution in [1.29, 1.82) is 0 Å². The fourth-order valence-corrected chi connectivity index (χ4v) is 3.84. The number of ether oxygens (including phenoxy) is 4. The summed E-state index contributed by atoms with van der Waals surface area (Å²) >= 11 is 0. The monoisotopic (exact) mass is 493 g/mol. The standard InChI is InChI=1S/C23H24O12/c1-31-15-4-9(3-13(27)22(15)32-2)21-16(7-11-12(26)5-10(25)6-14(11)33-21)34-23-20(30)19(29)18(28)17(8-24)35-23/h3-7,17-20,23-24,28-30H,8H2,1-2H3,(H2-,25,26,27)/p+1/t17-,18-,19+,20-,23-/m1/s1. The molecule has 0 amide bonds. The van der Waals surface area contributed by atoms with Crippen LogP contribution in [0.15, 0.2) is 34.7 Å². The molecule has 1 aromatic heterocycles. The van der Waals surface area contributed by atoms with E-state index in [4.69, 9.17) is 23.4 Å². The maximum absolute atomic E-state index is 10.4. The molecule has 7 N–H and O–H groups in total. The van der Waals surface area contributed by atoms with Crippen molar-refractivity contribution in [2.24, 2.45) is 0 Å². The van der Waals surface area contributed by atoms with E-state index < -0.39 is 37.3 Å². The lowest BCUT2D eigenvalue weighted by molar-refractivity contribution is -0.277. The Labute approximate surface area is 198 Å². The molecule has 3 aromatic rings. The minimum absolute atomic E-state index is 0.0456. The molecular weight excluding hydrogens is 468 g/mol. The highest BCUT2D eigenvalue weighted by Crippen LogP contribution is 2.45. The molecule has 0 aliphatic carbocycles. The van der Waals surface area contributed by atoms with Crippen molar-refractivity contribution in [2.45, 2.75) is 30.7 Å². The number of hydrogen-bond acceptors (Lipinski definition) is 11. The van der Waals surface area contributed by atoms with Gasteiger partial charge < -0.3 is 54.7 Å². The number of fused-ring (bicyclic) bond motifs is 1. The van der Waals surface area contributed by atoms with Gasteiger partial charge in [-0.3, -0.25) is 0 Å². The van der Waals surface area contributed by atoms with Crippen LogP contribution in [-0.2, 0) is 4.74 Å². The van der Waals surface area contributed by atoms with E-state index in [0.717, 1.165) is 6.07 Å². The van der Waals surface area contributed by atoms with Gasteiger partial charge in [-0.2, -0.15) is 0 Å². The van der Waals surface area contributed by atoms with Gasteiger partial charge in [0.2, 0.25) is 17.8 Å². The molecule has 5 atom stereocenters. The van der Waals surface area contributed by atoms with Gasteiger partial charge in [0, 0.05) is 24.3 Å². The number of aliphatic hydroxyl groups is 4. The Morgan fingerprint density at radius 1 is 0.857 bits per heavy atom. The van der Waals surface area contributed by atoms with E-state index in [1.807, 2.05) is 0 Å². The van der Waals surface area contributed by atoms with Crippen LogP contribution in [-0.4, -0.2) is 87.3 Å². The molecule has 2 heterocycles. The first-order valence-electron chi connectivity index (χ1n) is 10.4. The van der Waals surface area contributed by atoms with Gasteiger partial charge in [0.05, 0.1) is 32.5 Å². The van der Waals surface area contributed by atoms with Crippen LogP contribution >= 0.6 is 0 Å². The van der Waals surface area contributed by atoms with E-state index in [1.54, 1.807) is 0 Å². The number of aliphatic hydroxyl groups excluding tert-OH is 4. The van der Waals surface area contributed by atoms with Crippen LogP contribution in [0, 0.1) is 0 Å². The average molecular weight is 493 g/mol. The van der Waals surface area contributed by atoms with Crippen LogP contribution in [0.5, 0.6) is 34.5 Å². The summed E-state index contributed by atoms with van der Waals surface area (Å²) < 4.78 is 27.5. The third-order valence-electron chi connectivity index (χ3n) is 5.63.